The van der Waals surface area contributed by atoms with Gasteiger partial charge in [-0.3, -0.25) is 9.48 Å². The van der Waals surface area contributed by atoms with Crippen LogP contribution in [-0.4, -0.2) is 39.8 Å². The van der Waals surface area contributed by atoms with Gasteiger partial charge in [-0.25, -0.2) is 9.78 Å². The Bertz CT molecular complexity index is 1060. The van der Waals surface area contributed by atoms with Crippen molar-refractivity contribution in [3.8, 4) is 0 Å². The number of anilines is 2. The molecule has 0 bridgehead atoms. The highest BCUT2D eigenvalue weighted by atomic mass is 16.2. The van der Waals surface area contributed by atoms with Crippen LogP contribution in [0.4, 0.5) is 16.2 Å². The first-order chi connectivity index (χ1) is 13.5. The fourth-order valence-corrected chi connectivity index (χ4v) is 3.60. The van der Waals surface area contributed by atoms with Crippen LogP contribution in [0.3, 0.4) is 0 Å². The van der Waals surface area contributed by atoms with Crippen molar-refractivity contribution >= 4 is 34.3 Å². The summed E-state index contributed by atoms with van der Waals surface area (Å²) in [6.07, 6.45) is 3.47. The Morgan fingerprint density at radius 2 is 2.07 bits per heavy atom. The molecular weight excluding hydrogens is 356 g/mol. The third-order valence-electron chi connectivity index (χ3n) is 4.93. The Morgan fingerprint density at radius 1 is 1.25 bits per heavy atom. The van der Waals surface area contributed by atoms with Crippen molar-refractivity contribution in [1.82, 2.24) is 20.1 Å². The third kappa shape index (κ3) is 3.40. The summed E-state index contributed by atoms with van der Waals surface area (Å²) in [7, 11) is 1.83. The Balaban J connectivity index is 1.38. The molecule has 28 heavy (non-hydrogen) atoms. The largest absolute Gasteiger partial charge is 0.329 e. The first-order valence-corrected chi connectivity index (χ1v) is 9.25. The van der Waals surface area contributed by atoms with Crippen LogP contribution in [0.1, 0.15) is 17.7 Å². The van der Waals surface area contributed by atoms with E-state index in [4.69, 9.17) is 0 Å². The number of hydrogen-bond donors (Lipinski definition) is 2. The van der Waals surface area contributed by atoms with Gasteiger partial charge in [-0.1, -0.05) is 18.2 Å². The van der Waals surface area contributed by atoms with Crippen molar-refractivity contribution in [1.29, 1.82) is 0 Å². The lowest BCUT2D eigenvalue weighted by atomic mass is 10.0. The van der Waals surface area contributed by atoms with E-state index in [1.165, 1.54) is 0 Å². The fraction of sp³-hybridized carbons (Fsp3) is 0.300. The summed E-state index contributed by atoms with van der Waals surface area (Å²) < 4.78 is 1.70. The molecule has 8 heteroatoms. The number of carbonyl (C=O) groups is 2. The van der Waals surface area contributed by atoms with Crippen LogP contribution in [0, 0.1) is 6.92 Å². The minimum absolute atomic E-state index is 0.0677. The summed E-state index contributed by atoms with van der Waals surface area (Å²) >= 11 is 0. The summed E-state index contributed by atoms with van der Waals surface area (Å²) in [5.74, 6) is -0.126. The maximum Gasteiger partial charge on any atom is 0.319 e. The number of benzene rings is 1. The molecule has 1 aliphatic rings. The molecule has 0 aliphatic carbocycles. The highest BCUT2D eigenvalue weighted by Gasteiger charge is 2.22. The molecule has 0 spiro atoms. The summed E-state index contributed by atoms with van der Waals surface area (Å²) in [5, 5.41) is 10.6. The summed E-state index contributed by atoms with van der Waals surface area (Å²) in [4.78, 5) is 30.9. The Hall–Kier alpha value is -3.42. The van der Waals surface area contributed by atoms with Gasteiger partial charge in [-0.2, -0.15) is 5.10 Å². The van der Waals surface area contributed by atoms with E-state index in [0.29, 0.717) is 12.2 Å². The predicted octanol–water partition coefficient (Wildman–Crippen LogP) is 2.38. The molecule has 3 amide bonds. The molecule has 4 rings (SSSR count). The lowest BCUT2D eigenvalue weighted by Gasteiger charge is -2.29. The summed E-state index contributed by atoms with van der Waals surface area (Å²) in [6.45, 7) is 2.49. The SMILES string of the molecule is Cc1nn(C)c2ncc(NC(=O)NCC(=O)N3CCCc4ccccc43)cc12. The van der Waals surface area contributed by atoms with E-state index in [9.17, 15) is 9.59 Å². The van der Waals surface area contributed by atoms with Gasteiger partial charge in [0.1, 0.15) is 0 Å². The Morgan fingerprint density at radius 3 is 2.93 bits per heavy atom. The minimum Gasteiger partial charge on any atom is -0.329 e. The van der Waals surface area contributed by atoms with Gasteiger partial charge in [0.2, 0.25) is 5.91 Å². The van der Waals surface area contributed by atoms with Gasteiger partial charge >= 0.3 is 6.03 Å². The van der Waals surface area contributed by atoms with Crippen LogP contribution in [0.25, 0.3) is 11.0 Å². The summed E-state index contributed by atoms with van der Waals surface area (Å²) in [5.41, 5.74) is 4.24. The monoisotopic (exact) mass is 378 g/mol. The van der Waals surface area contributed by atoms with E-state index in [1.54, 1.807) is 15.8 Å². The second-order valence-corrected chi connectivity index (χ2v) is 6.89. The zero-order chi connectivity index (χ0) is 19.7. The molecule has 0 radical (unpaired) electrons. The number of carbonyl (C=O) groups excluding carboxylic acids is 2. The average Bonchev–Trinajstić information content (AvgIpc) is 2.99. The normalized spacial score (nSPS) is 13.3. The number of rotatable bonds is 3. The van der Waals surface area contributed by atoms with E-state index in [0.717, 1.165) is 40.8 Å². The topological polar surface area (TPSA) is 92.1 Å². The third-order valence-corrected chi connectivity index (χ3v) is 4.93. The first kappa shape index (κ1) is 18.0. The van der Waals surface area contributed by atoms with Crippen LogP contribution < -0.4 is 15.5 Å². The molecule has 0 fully saturated rings. The predicted molar refractivity (Wildman–Crippen MR) is 107 cm³/mol. The smallest absolute Gasteiger partial charge is 0.319 e. The van der Waals surface area contributed by atoms with Gasteiger partial charge in [-0.05, 0) is 37.5 Å². The van der Waals surface area contributed by atoms with Crippen molar-refractivity contribution in [3.05, 3.63) is 47.8 Å². The number of para-hydroxylation sites is 1. The van der Waals surface area contributed by atoms with Gasteiger partial charge < -0.3 is 15.5 Å². The zero-order valence-corrected chi connectivity index (χ0v) is 15.9. The maximum absolute atomic E-state index is 12.6. The molecule has 0 saturated carbocycles. The minimum atomic E-state index is -0.443. The van der Waals surface area contributed by atoms with Gasteiger partial charge in [-0.15, -0.1) is 0 Å². The highest BCUT2D eigenvalue weighted by molar-refractivity contribution is 5.99. The molecule has 0 saturated heterocycles. The van der Waals surface area contributed by atoms with Crippen LogP contribution in [0.15, 0.2) is 36.5 Å². The number of aryl methyl sites for hydroxylation is 3. The first-order valence-electron chi connectivity index (χ1n) is 9.25. The number of nitrogens with zero attached hydrogens (tertiary/aromatic N) is 4. The molecule has 144 valence electrons. The maximum atomic E-state index is 12.6. The lowest BCUT2D eigenvalue weighted by Crippen LogP contribution is -2.43. The van der Waals surface area contributed by atoms with Crippen LogP contribution in [0.2, 0.25) is 0 Å². The van der Waals surface area contributed by atoms with Crippen molar-refractivity contribution < 1.29 is 9.59 Å². The molecule has 0 unspecified atom stereocenters. The van der Waals surface area contributed by atoms with Crippen molar-refractivity contribution in [2.75, 3.05) is 23.3 Å². The van der Waals surface area contributed by atoms with E-state index in [2.05, 4.69) is 20.7 Å². The fourth-order valence-electron chi connectivity index (χ4n) is 3.60. The zero-order valence-electron chi connectivity index (χ0n) is 15.9. The Labute approximate surface area is 162 Å². The number of hydrogen-bond acceptors (Lipinski definition) is 4. The van der Waals surface area contributed by atoms with Crippen LogP contribution in [-0.2, 0) is 18.3 Å². The highest BCUT2D eigenvalue weighted by Crippen LogP contribution is 2.26. The van der Waals surface area contributed by atoms with E-state index < -0.39 is 6.03 Å². The number of nitrogens with one attached hydrogen (secondary N) is 2. The molecule has 8 nitrogen and oxygen atoms in total. The van der Waals surface area contributed by atoms with E-state index in [-0.39, 0.29) is 12.5 Å². The quantitative estimate of drug-likeness (QED) is 0.732. The average molecular weight is 378 g/mol. The molecule has 3 heterocycles. The van der Waals surface area contributed by atoms with Gasteiger partial charge in [0.25, 0.3) is 0 Å². The van der Waals surface area contributed by atoms with E-state index in [1.807, 2.05) is 44.3 Å². The molecule has 1 aliphatic heterocycles. The molecule has 2 N–H and O–H groups in total. The molecule has 1 aromatic carbocycles. The number of pyridine rings is 1. The van der Waals surface area contributed by atoms with Gasteiger partial charge in [0.15, 0.2) is 5.65 Å². The van der Waals surface area contributed by atoms with Crippen LogP contribution in [0.5, 0.6) is 0 Å². The van der Waals surface area contributed by atoms with Crippen molar-refractivity contribution in [2.45, 2.75) is 19.8 Å². The standard InChI is InChI=1S/C20H22N6O2/c1-13-16-10-15(11-21-19(16)25(2)24-13)23-20(28)22-12-18(27)26-9-5-7-14-6-3-4-8-17(14)26/h3-4,6,8,10-11H,5,7,9,12H2,1-2H3,(H2,22,23,28). The van der Waals surface area contributed by atoms with Gasteiger partial charge in [0, 0.05) is 24.7 Å². The van der Waals surface area contributed by atoms with Gasteiger partial charge in [0.05, 0.1) is 24.1 Å². The number of fused-ring (bicyclic) bond motifs is 2. The lowest BCUT2D eigenvalue weighted by molar-refractivity contribution is -0.117. The summed E-state index contributed by atoms with van der Waals surface area (Å²) in [6, 6.07) is 9.28. The second kappa shape index (κ2) is 7.30. The van der Waals surface area contributed by atoms with Crippen LogP contribution >= 0.6 is 0 Å². The number of aromatic nitrogens is 3. The van der Waals surface area contributed by atoms with Crippen molar-refractivity contribution in [2.24, 2.45) is 7.05 Å². The molecule has 0 atom stereocenters. The Kier molecular flexibility index (Phi) is 4.68. The number of urea groups is 1. The second-order valence-electron chi connectivity index (χ2n) is 6.89. The van der Waals surface area contributed by atoms with E-state index >= 15 is 0 Å². The van der Waals surface area contributed by atoms with Crippen molar-refractivity contribution in [3.63, 3.8) is 0 Å². The number of amides is 3. The molecular formula is C20H22N6O2. The molecule has 3 aromatic rings. The molecule has 2 aromatic heterocycles.